The monoisotopic (exact) mass is 420 g/mol. The first-order valence-electron chi connectivity index (χ1n) is 9.72. The van der Waals surface area contributed by atoms with Gasteiger partial charge in [0, 0.05) is 24.5 Å². The standard InChI is InChI=1S/C20H20N8O3/c29-9-16-15(30)7-17(31-16)28-12-24-18-19(22-10-23-20(18)28)26-25-8-13-1-3-14(4-2-13)27-6-5-21-11-27/h1-6,8,10-12,15-17,29-30H,7,9H2,(H,22,23,26)/b25-8+/t15?,16-,17-/m1/s1. The van der Waals surface area contributed by atoms with Gasteiger partial charge < -0.3 is 19.5 Å². The number of hydrogen-bond donors (Lipinski definition) is 3. The lowest BCUT2D eigenvalue weighted by Crippen LogP contribution is -2.24. The molecule has 4 aromatic rings. The Bertz CT molecular complexity index is 1190. The van der Waals surface area contributed by atoms with Gasteiger partial charge in [0.1, 0.15) is 18.7 Å². The van der Waals surface area contributed by atoms with E-state index in [1.165, 1.54) is 6.33 Å². The van der Waals surface area contributed by atoms with E-state index in [1.807, 2.05) is 35.0 Å². The third kappa shape index (κ3) is 3.77. The molecule has 0 radical (unpaired) electrons. The van der Waals surface area contributed by atoms with E-state index < -0.39 is 18.4 Å². The lowest BCUT2D eigenvalue weighted by atomic mass is 10.2. The number of nitrogens with one attached hydrogen (secondary N) is 1. The number of hydrogen-bond acceptors (Lipinski definition) is 9. The molecule has 31 heavy (non-hydrogen) atoms. The van der Waals surface area contributed by atoms with E-state index in [2.05, 4.69) is 30.5 Å². The number of hydrazone groups is 1. The van der Waals surface area contributed by atoms with E-state index in [1.54, 1.807) is 29.6 Å². The van der Waals surface area contributed by atoms with E-state index in [4.69, 9.17) is 4.74 Å². The number of aliphatic hydroxyl groups is 2. The summed E-state index contributed by atoms with van der Waals surface area (Å²) in [5.74, 6) is 0.451. The van der Waals surface area contributed by atoms with Crippen LogP contribution in [0.2, 0.25) is 0 Å². The number of aliphatic hydroxyl groups excluding tert-OH is 2. The van der Waals surface area contributed by atoms with Gasteiger partial charge in [-0.1, -0.05) is 12.1 Å². The summed E-state index contributed by atoms with van der Waals surface area (Å²) in [6.07, 6.45) is 8.56. The molecule has 3 N–H and O–H groups in total. The smallest absolute Gasteiger partial charge is 0.177 e. The maximum Gasteiger partial charge on any atom is 0.177 e. The van der Waals surface area contributed by atoms with Crippen molar-refractivity contribution in [2.24, 2.45) is 5.10 Å². The van der Waals surface area contributed by atoms with Crippen LogP contribution >= 0.6 is 0 Å². The van der Waals surface area contributed by atoms with Crippen LogP contribution in [0.25, 0.3) is 16.9 Å². The molecule has 11 heteroatoms. The van der Waals surface area contributed by atoms with Crippen molar-refractivity contribution >= 4 is 23.2 Å². The van der Waals surface area contributed by atoms with E-state index in [9.17, 15) is 10.2 Å². The molecular weight excluding hydrogens is 400 g/mol. The molecule has 0 amide bonds. The fourth-order valence-electron chi connectivity index (χ4n) is 3.51. The fourth-order valence-corrected chi connectivity index (χ4v) is 3.51. The Balaban J connectivity index is 1.31. The van der Waals surface area contributed by atoms with Gasteiger partial charge in [0.25, 0.3) is 0 Å². The van der Waals surface area contributed by atoms with Gasteiger partial charge in [-0.3, -0.25) is 9.99 Å². The molecule has 1 aliphatic rings. The molecule has 11 nitrogen and oxygen atoms in total. The molecule has 1 saturated heterocycles. The number of nitrogens with zero attached hydrogens (tertiary/aromatic N) is 7. The van der Waals surface area contributed by atoms with Crippen LogP contribution in [-0.4, -0.2) is 64.3 Å². The number of anilines is 1. The molecule has 3 atom stereocenters. The Morgan fingerprint density at radius 2 is 2.06 bits per heavy atom. The minimum Gasteiger partial charge on any atom is -0.394 e. The zero-order chi connectivity index (χ0) is 21.2. The van der Waals surface area contributed by atoms with Crippen molar-refractivity contribution in [3.8, 4) is 5.69 Å². The predicted molar refractivity (Wildman–Crippen MR) is 112 cm³/mol. The number of benzene rings is 1. The van der Waals surface area contributed by atoms with Crippen LogP contribution < -0.4 is 5.43 Å². The van der Waals surface area contributed by atoms with Gasteiger partial charge in [-0.05, 0) is 17.7 Å². The molecule has 0 bridgehead atoms. The number of rotatable bonds is 6. The Morgan fingerprint density at radius 3 is 2.81 bits per heavy atom. The number of aromatic nitrogens is 6. The largest absolute Gasteiger partial charge is 0.394 e. The summed E-state index contributed by atoms with van der Waals surface area (Å²) in [6, 6.07) is 7.85. The average Bonchev–Trinajstić information content (AvgIpc) is 3.54. The van der Waals surface area contributed by atoms with Crippen LogP contribution in [0, 0.1) is 0 Å². The number of imidazole rings is 2. The molecule has 1 fully saturated rings. The molecule has 1 aromatic carbocycles. The zero-order valence-corrected chi connectivity index (χ0v) is 16.4. The van der Waals surface area contributed by atoms with Gasteiger partial charge in [-0.15, -0.1) is 0 Å². The highest BCUT2D eigenvalue weighted by Gasteiger charge is 2.35. The summed E-state index contributed by atoms with van der Waals surface area (Å²) in [6.45, 7) is -0.246. The molecule has 1 aliphatic heterocycles. The molecule has 1 unspecified atom stereocenters. The average molecular weight is 420 g/mol. The highest BCUT2D eigenvalue weighted by molar-refractivity contribution is 5.84. The Morgan fingerprint density at radius 1 is 1.19 bits per heavy atom. The van der Waals surface area contributed by atoms with Crippen LogP contribution in [0.4, 0.5) is 5.82 Å². The molecule has 0 aliphatic carbocycles. The van der Waals surface area contributed by atoms with Crippen molar-refractivity contribution < 1.29 is 14.9 Å². The predicted octanol–water partition coefficient (Wildman–Crippen LogP) is 1.10. The maximum absolute atomic E-state index is 9.99. The molecule has 4 heterocycles. The highest BCUT2D eigenvalue weighted by atomic mass is 16.5. The van der Waals surface area contributed by atoms with Crippen molar-refractivity contribution in [2.75, 3.05) is 12.0 Å². The second-order valence-corrected chi connectivity index (χ2v) is 7.09. The van der Waals surface area contributed by atoms with Gasteiger partial charge in [-0.25, -0.2) is 19.9 Å². The van der Waals surface area contributed by atoms with Crippen molar-refractivity contribution in [3.63, 3.8) is 0 Å². The molecule has 0 spiro atoms. The van der Waals surface area contributed by atoms with Crippen molar-refractivity contribution in [3.05, 3.63) is 61.2 Å². The van der Waals surface area contributed by atoms with Gasteiger partial charge in [0.2, 0.25) is 0 Å². The van der Waals surface area contributed by atoms with Gasteiger partial charge >= 0.3 is 0 Å². The highest BCUT2D eigenvalue weighted by Crippen LogP contribution is 2.31. The van der Waals surface area contributed by atoms with Gasteiger partial charge in [0.05, 0.1) is 31.6 Å². The molecule has 158 valence electrons. The molecule has 5 rings (SSSR count). The summed E-state index contributed by atoms with van der Waals surface area (Å²) in [4.78, 5) is 16.9. The minimum atomic E-state index is -0.739. The van der Waals surface area contributed by atoms with E-state index in [0.717, 1.165) is 11.3 Å². The first kappa shape index (κ1) is 19.3. The third-order valence-electron chi connectivity index (χ3n) is 5.13. The van der Waals surface area contributed by atoms with E-state index in [-0.39, 0.29) is 6.61 Å². The van der Waals surface area contributed by atoms with Gasteiger partial charge in [0.15, 0.2) is 17.0 Å². The lowest BCUT2D eigenvalue weighted by molar-refractivity contribution is -0.0432. The quantitative estimate of drug-likeness (QED) is 0.312. The SMILES string of the molecule is OC[C@H]1O[C@@H](n2cnc3c(N/N=C/c4ccc(-n5ccnc5)cc4)ncnc32)CC1O. The van der Waals surface area contributed by atoms with Crippen LogP contribution in [0.5, 0.6) is 0 Å². The Kier molecular flexibility index (Phi) is 5.12. The van der Waals surface area contributed by atoms with E-state index >= 15 is 0 Å². The summed E-state index contributed by atoms with van der Waals surface area (Å²) in [5.41, 5.74) is 5.91. The first-order chi connectivity index (χ1) is 15.2. The second kappa shape index (κ2) is 8.22. The third-order valence-corrected chi connectivity index (χ3v) is 5.13. The Hall–Kier alpha value is -3.67. The summed E-state index contributed by atoms with van der Waals surface area (Å²) in [5, 5.41) is 23.6. The fraction of sp³-hybridized carbons (Fsp3) is 0.250. The topological polar surface area (TPSA) is 136 Å². The first-order valence-corrected chi connectivity index (χ1v) is 9.72. The summed E-state index contributed by atoms with van der Waals surface area (Å²) < 4.78 is 9.34. The van der Waals surface area contributed by atoms with E-state index in [0.29, 0.717) is 23.4 Å². The van der Waals surface area contributed by atoms with Crippen LogP contribution in [0.15, 0.2) is 60.7 Å². The Labute approximate surface area is 176 Å². The maximum atomic E-state index is 9.99. The summed E-state index contributed by atoms with van der Waals surface area (Å²) >= 11 is 0. The number of fused-ring (bicyclic) bond motifs is 1. The van der Waals surface area contributed by atoms with Gasteiger partial charge in [-0.2, -0.15) is 5.10 Å². The lowest BCUT2D eigenvalue weighted by Gasteiger charge is -2.13. The minimum absolute atomic E-state index is 0.246. The van der Waals surface area contributed by atoms with Crippen LogP contribution in [0.1, 0.15) is 18.2 Å². The van der Waals surface area contributed by atoms with Crippen molar-refractivity contribution in [2.45, 2.75) is 24.9 Å². The zero-order valence-electron chi connectivity index (χ0n) is 16.4. The van der Waals surface area contributed by atoms with Crippen molar-refractivity contribution in [1.82, 2.24) is 29.1 Å². The normalized spacial score (nSPS) is 21.3. The number of ether oxygens (including phenoxy) is 1. The molecule has 0 saturated carbocycles. The molecule has 3 aromatic heterocycles. The van der Waals surface area contributed by atoms with Crippen LogP contribution in [0.3, 0.4) is 0 Å². The second-order valence-electron chi connectivity index (χ2n) is 7.09. The van der Waals surface area contributed by atoms with Crippen LogP contribution in [-0.2, 0) is 4.74 Å². The summed E-state index contributed by atoms with van der Waals surface area (Å²) in [7, 11) is 0. The molecular formula is C20H20N8O3. The van der Waals surface area contributed by atoms with Crippen molar-refractivity contribution in [1.29, 1.82) is 0 Å².